The maximum atomic E-state index is 13.1. The first-order chi connectivity index (χ1) is 13.3. The van der Waals surface area contributed by atoms with Crippen LogP contribution in [-0.2, 0) is 14.8 Å². The van der Waals surface area contributed by atoms with Gasteiger partial charge < -0.3 is 14.8 Å². The molecule has 0 fully saturated rings. The molecule has 0 aliphatic rings. The molecule has 1 N–H and O–H groups in total. The van der Waals surface area contributed by atoms with E-state index in [9.17, 15) is 13.2 Å². The van der Waals surface area contributed by atoms with Crippen molar-refractivity contribution in [3.63, 3.8) is 0 Å². The van der Waals surface area contributed by atoms with Gasteiger partial charge in [-0.05, 0) is 43.7 Å². The van der Waals surface area contributed by atoms with Gasteiger partial charge in [-0.25, -0.2) is 8.42 Å². The van der Waals surface area contributed by atoms with Crippen molar-refractivity contribution in [2.24, 2.45) is 0 Å². The quantitative estimate of drug-likeness (QED) is 0.692. The standard InChI is InChI=1S/C20H26N2O5S/c1-5-22(28(24,25)19-13-15(3)11-12-18(19)26-4)14-20(23)21-16-9-7-8-10-17(16)27-6-2/h7-13H,5-6,14H2,1-4H3,(H,21,23). The van der Waals surface area contributed by atoms with Crippen LogP contribution in [0.5, 0.6) is 11.5 Å². The number of methoxy groups -OCH3 is 1. The smallest absolute Gasteiger partial charge is 0.247 e. The summed E-state index contributed by atoms with van der Waals surface area (Å²) >= 11 is 0. The van der Waals surface area contributed by atoms with Crippen molar-refractivity contribution in [2.45, 2.75) is 25.7 Å². The number of anilines is 1. The summed E-state index contributed by atoms with van der Waals surface area (Å²) < 4.78 is 38.0. The van der Waals surface area contributed by atoms with Crippen LogP contribution in [0.2, 0.25) is 0 Å². The number of benzene rings is 2. The van der Waals surface area contributed by atoms with Gasteiger partial charge in [0.1, 0.15) is 16.4 Å². The number of sulfonamides is 1. The van der Waals surface area contributed by atoms with Gasteiger partial charge in [0.15, 0.2) is 0 Å². The molecule has 7 nitrogen and oxygen atoms in total. The minimum atomic E-state index is -3.91. The molecule has 8 heteroatoms. The second-order valence-corrected chi connectivity index (χ2v) is 7.97. The Morgan fingerprint density at radius 1 is 1.11 bits per heavy atom. The Balaban J connectivity index is 2.24. The Bertz CT molecular complexity index is 928. The van der Waals surface area contributed by atoms with Gasteiger partial charge >= 0.3 is 0 Å². The fraction of sp³-hybridized carbons (Fsp3) is 0.350. The van der Waals surface area contributed by atoms with E-state index in [0.717, 1.165) is 9.87 Å². The number of para-hydroxylation sites is 2. The van der Waals surface area contributed by atoms with Crippen LogP contribution in [0, 0.1) is 6.92 Å². The Kier molecular flexibility index (Phi) is 7.42. The number of hydrogen-bond acceptors (Lipinski definition) is 5. The molecule has 0 bridgehead atoms. The lowest BCUT2D eigenvalue weighted by atomic mass is 10.2. The molecule has 0 aliphatic carbocycles. The van der Waals surface area contributed by atoms with Crippen molar-refractivity contribution in [3.8, 4) is 11.5 Å². The van der Waals surface area contributed by atoms with Crippen LogP contribution in [0.3, 0.4) is 0 Å². The highest BCUT2D eigenvalue weighted by atomic mass is 32.2. The van der Waals surface area contributed by atoms with Crippen LogP contribution in [0.25, 0.3) is 0 Å². The third-order valence-electron chi connectivity index (χ3n) is 4.07. The number of nitrogens with one attached hydrogen (secondary N) is 1. The SMILES string of the molecule is CCOc1ccccc1NC(=O)CN(CC)S(=O)(=O)c1cc(C)ccc1OC. The molecule has 0 saturated carbocycles. The molecule has 28 heavy (non-hydrogen) atoms. The predicted octanol–water partition coefficient (Wildman–Crippen LogP) is 3.05. The minimum absolute atomic E-state index is 0.0411. The fourth-order valence-corrected chi connectivity index (χ4v) is 4.34. The molecule has 1 amide bonds. The molecule has 2 rings (SSSR count). The van der Waals surface area contributed by atoms with Crippen LogP contribution >= 0.6 is 0 Å². The molecule has 0 heterocycles. The van der Waals surface area contributed by atoms with Crippen molar-refractivity contribution in [2.75, 3.05) is 32.1 Å². The number of likely N-dealkylation sites (N-methyl/N-ethyl adjacent to an activating group) is 1. The van der Waals surface area contributed by atoms with E-state index < -0.39 is 15.9 Å². The van der Waals surface area contributed by atoms with E-state index in [1.807, 2.05) is 6.92 Å². The zero-order valence-corrected chi connectivity index (χ0v) is 17.4. The summed E-state index contributed by atoms with van der Waals surface area (Å²) in [5, 5.41) is 2.72. The predicted molar refractivity (Wildman–Crippen MR) is 108 cm³/mol. The highest BCUT2D eigenvalue weighted by Crippen LogP contribution is 2.28. The van der Waals surface area contributed by atoms with Crippen LogP contribution in [-0.4, -0.2) is 45.4 Å². The number of amides is 1. The summed E-state index contributed by atoms with van der Waals surface area (Å²) in [6.07, 6.45) is 0. The lowest BCUT2D eigenvalue weighted by molar-refractivity contribution is -0.116. The van der Waals surface area contributed by atoms with E-state index in [4.69, 9.17) is 9.47 Å². The second kappa shape index (κ2) is 9.57. The van der Waals surface area contributed by atoms with Gasteiger partial charge in [-0.2, -0.15) is 4.31 Å². The molecular weight excluding hydrogens is 380 g/mol. The van der Waals surface area contributed by atoms with E-state index in [1.165, 1.54) is 7.11 Å². The molecule has 0 unspecified atom stereocenters. The van der Waals surface area contributed by atoms with Gasteiger partial charge in [0.05, 0.1) is 25.9 Å². The molecule has 2 aromatic rings. The van der Waals surface area contributed by atoms with Crippen LogP contribution < -0.4 is 14.8 Å². The topological polar surface area (TPSA) is 84.9 Å². The summed E-state index contributed by atoms with van der Waals surface area (Å²) in [4.78, 5) is 12.6. The number of nitrogens with zero attached hydrogens (tertiary/aromatic N) is 1. The fourth-order valence-electron chi connectivity index (χ4n) is 2.69. The molecule has 0 aliphatic heterocycles. The van der Waals surface area contributed by atoms with Crippen molar-refractivity contribution in [1.29, 1.82) is 0 Å². The molecule has 152 valence electrons. The number of carbonyl (C=O) groups is 1. The largest absolute Gasteiger partial charge is 0.495 e. The van der Waals surface area contributed by atoms with Crippen LogP contribution in [0.15, 0.2) is 47.4 Å². The van der Waals surface area contributed by atoms with Gasteiger partial charge in [0, 0.05) is 6.54 Å². The molecule has 0 saturated heterocycles. The zero-order chi connectivity index (χ0) is 20.7. The molecule has 0 atom stereocenters. The first kappa shape index (κ1) is 21.7. The van der Waals surface area contributed by atoms with Crippen molar-refractivity contribution in [1.82, 2.24) is 4.31 Å². The normalized spacial score (nSPS) is 11.3. The Hall–Kier alpha value is -2.58. The third-order valence-corrected chi connectivity index (χ3v) is 6.01. The van der Waals surface area contributed by atoms with E-state index >= 15 is 0 Å². The van der Waals surface area contributed by atoms with Crippen molar-refractivity contribution >= 4 is 21.6 Å². The third kappa shape index (κ3) is 5.02. The Morgan fingerprint density at radius 3 is 2.46 bits per heavy atom. The summed E-state index contributed by atoms with van der Waals surface area (Å²) in [5.41, 5.74) is 1.28. The molecular formula is C20H26N2O5S. The van der Waals surface area contributed by atoms with Crippen molar-refractivity contribution < 1.29 is 22.7 Å². The minimum Gasteiger partial charge on any atom is -0.495 e. The van der Waals surface area contributed by atoms with Gasteiger partial charge in [-0.1, -0.05) is 25.1 Å². The van der Waals surface area contributed by atoms with Gasteiger partial charge in [-0.3, -0.25) is 4.79 Å². The lowest BCUT2D eigenvalue weighted by Gasteiger charge is -2.22. The lowest BCUT2D eigenvalue weighted by Crippen LogP contribution is -2.38. The average Bonchev–Trinajstić information content (AvgIpc) is 2.67. The highest BCUT2D eigenvalue weighted by Gasteiger charge is 2.28. The highest BCUT2D eigenvalue weighted by molar-refractivity contribution is 7.89. The molecule has 2 aromatic carbocycles. The Morgan fingerprint density at radius 2 is 1.82 bits per heavy atom. The van der Waals surface area contributed by atoms with Gasteiger partial charge in [0.25, 0.3) is 0 Å². The second-order valence-electron chi connectivity index (χ2n) is 6.06. The Labute approximate surface area is 166 Å². The van der Waals surface area contributed by atoms with Crippen molar-refractivity contribution in [3.05, 3.63) is 48.0 Å². The summed E-state index contributed by atoms with van der Waals surface area (Å²) in [5.74, 6) is 0.319. The maximum absolute atomic E-state index is 13.1. The van der Waals surface area contributed by atoms with E-state index in [2.05, 4.69) is 5.32 Å². The first-order valence-electron chi connectivity index (χ1n) is 8.99. The van der Waals surface area contributed by atoms with Gasteiger partial charge in [-0.15, -0.1) is 0 Å². The number of ether oxygens (including phenoxy) is 2. The number of aryl methyl sites for hydroxylation is 1. The van der Waals surface area contributed by atoms with E-state index in [1.54, 1.807) is 56.3 Å². The van der Waals surface area contributed by atoms with E-state index in [-0.39, 0.29) is 23.7 Å². The van der Waals surface area contributed by atoms with Crippen LogP contribution in [0.4, 0.5) is 5.69 Å². The monoisotopic (exact) mass is 406 g/mol. The summed E-state index contributed by atoms with van der Waals surface area (Å²) in [6.45, 7) is 5.60. The maximum Gasteiger partial charge on any atom is 0.247 e. The average molecular weight is 407 g/mol. The molecule has 0 spiro atoms. The first-order valence-corrected chi connectivity index (χ1v) is 10.4. The summed E-state index contributed by atoms with van der Waals surface area (Å²) in [7, 11) is -2.49. The number of rotatable bonds is 9. The number of hydrogen-bond donors (Lipinski definition) is 1. The number of carbonyl (C=O) groups excluding carboxylic acids is 1. The van der Waals surface area contributed by atoms with Crippen LogP contribution in [0.1, 0.15) is 19.4 Å². The molecule has 0 aromatic heterocycles. The van der Waals surface area contributed by atoms with Gasteiger partial charge in [0.2, 0.25) is 15.9 Å². The molecule has 0 radical (unpaired) electrons. The summed E-state index contributed by atoms with van der Waals surface area (Å²) in [6, 6.07) is 11.9. The van der Waals surface area contributed by atoms with E-state index in [0.29, 0.717) is 18.0 Å². The zero-order valence-electron chi connectivity index (χ0n) is 16.6.